The number of carbonyl (C=O) groups excluding carboxylic acids is 1. The fraction of sp³-hybridized carbons (Fsp3) is 0.227. The van der Waals surface area contributed by atoms with Crippen LogP contribution in [0, 0.1) is 0 Å². The third kappa shape index (κ3) is 3.36. The number of likely N-dealkylation sites (tertiary alicyclic amines) is 1. The van der Waals surface area contributed by atoms with Crippen LogP contribution in [0.2, 0.25) is 0 Å². The molecule has 2 aromatic heterocycles. The predicted octanol–water partition coefficient (Wildman–Crippen LogP) is 3.31. The number of carbonyl (C=O) groups is 1. The van der Waals surface area contributed by atoms with Gasteiger partial charge in [0.15, 0.2) is 17.1 Å². The Morgan fingerprint density at radius 2 is 2.00 bits per heavy atom. The van der Waals surface area contributed by atoms with Gasteiger partial charge in [-0.25, -0.2) is 4.68 Å². The summed E-state index contributed by atoms with van der Waals surface area (Å²) < 4.78 is 18.5. The molecule has 1 saturated heterocycles. The Bertz CT molecular complexity index is 1180. The zero-order valence-corrected chi connectivity index (χ0v) is 16.4. The van der Waals surface area contributed by atoms with Crippen LogP contribution in [0.4, 0.5) is 0 Å². The first-order valence-corrected chi connectivity index (χ1v) is 9.65. The normalized spacial score (nSPS) is 14.0. The summed E-state index contributed by atoms with van der Waals surface area (Å²) in [6.07, 6.45) is 1.86. The minimum Gasteiger partial charge on any atom is -0.493 e. The molecule has 8 nitrogen and oxygen atoms in total. The van der Waals surface area contributed by atoms with Gasteiger partial charge in [0.05, 0.1) is 19.3 Å². The number of para-hydroxylation sites is 2. The summed E-state index contributed by atoms with van der Waals surface area (Å²) in [7, 11) is 1.58. The summed E-state index contributed by atoms with van der Waals surface area (Å²) in [5.41, 5.74) is 1.33. The Morgan fingerprint density at radius 1 is 1.17 bits per heavy atom. The molecule has 1 aliphatic rings. The Morgan fingerprint density at radius 3 is 2.80 bits per heavy atom. The van der Waals surface area contributed by atoms with Crippen molar-refractivity contribution in [1.82, 2.24) is 19.9 Å². The topological polar surface area (TPSA) is 82.6 Å². The quantitative estimate of drug-likeness (QED) is 0.490. The van der Waals surface area contributed by atoms with Crippen molar-refractivity contribution in [2.24, 2.45) is 0 Å². The molecule has 0 N–H and O–H groups in total. The van der Waals surface area contributed by atoms with Gasteiger partial charge in [0.1, 0.15) is 18.1 Å². The van der Waals surface area contributed by atoms with E-state index in [9.17, 15) is 4.79 Å². The minimum atomic E-state index is -0.141. The van der Waals surface area contributed by atoms with Crippen molar-refractivity contribution in [2.45, 2.75) is 12.6 Å². The lowest BCUT2D eigenvalue weighted by atomic mass is 10.1. The number of nitrogens with zero attached hydrogens (tertiary/aromatic N) is 4. The number of hydrogen-bond donors (Lipinski definition) is 0. The number of aromatic nitrogens is 3. The SMILES string of the molecule is COc1cccc2cc(C(=O)N3CC(n4cc(COc5ccccc5)nn4)C3)oc12. The van der Waals surface area contributed by atoms with E-state index in [4.69, 9.17) is 13.9 Å². The van der Waals surface area contributed by atoms with Crippen LogP contribution in [0.25, 0.3) is 11.0 Å². The van der Waals surface area contributed by atoms with Crippen LogP contribution in [0.5, 0.6) is 11.5 Å². The fourth-order valence-electron chi connectivity index (χ4n) is 3.48. The average molecular weight is 404 g/mol. The zero-order valence-electron chi connectivity index (χ0n) is 16.4. The van der Waals surface area contributed by atoms with Crippen molar-refractivity contribution < 1.29 is 18.7 Å². The lowest BCUT2D eigenvalue weighted by molar-refractivity contribution is 0.0469. The fourth-order valence-corrected chi connectivity index (χ4v) is 3.48. The van der Waals surface area contributed by atoms with Crippen molar-refractivity contribution in [3.63, 3.8) is 0 Å². The summed E-state index contributed by atoms with van der Waals surface area (Å²) in [6.45, 7) is 1.45. The van der Waals surface area contributed by atoms with Crippen LogP contribution in [-0.4, -0.2) is 46.0 Å². The molecule has 0 spiro atoms. The first-order chi connectivity index (χ1) is 14.7. The molecule has 152 valence electrons. The first-order valence-electron chi connectivity index (χ1n) is 9.65. The molecule has 4 aromatic rings. The van der Waals surface area contributed by atoms with E-state index in [0.717, 1.165) is 16.8 Å². The van der Waals surface area contributed by atoms with Gasteiger partial charge in [0.25, 0.3) is 5.91 Å². The highest BCUT2D eigenvalue weighted by molar-refractivity contribution is 5.97. The number of benzene rings is 2. The molecule has 1 aliphatic heterocycles. The summed E-state index contributed by atoms with van der Waals surface area (Å²) in [5.74, 6) is 1.57. The molecule has 5 rings (SSSR count). The molecule has 1 fully saturated rings. The number of amides is 1. The minimum absolute atomic E-state index is 0.0887. The standard InChI is InChI=1S/C22H20N4O4/c1-28-19-9-5-6-15-10-20(30-21(15)19)22(27)25-12-17(13-25)26-11-16(23-24-26)14-29-18-7-3-2-4-8-18/h2-11,17H,12-14H2,1H3. The van der Waals surface area contributed by atoms with Gasteiger partial charge in [-0.2, -0.15) is 0 Å². The molecule has 0 bridgehead atoms. The van der Waals surface area contributed by atoms with E-state index >= 15 is 0 Å². The first kappa shape index (κ1) is 18.2. The number of methoxy groups -OCH3 is 1. The van der Waals surface area contributed by atoms with Gasteiger partial charge in [-0.1, -0.05) is 35.5 Å². The molecule has 0 aliphatic carbocycles. The molecule has 1 amide bonds. The van der Waals surface area contributed by atoms with E-state index < -0.39 is 0 Å². The van der Waals surface area contributed by atoms with Gasteiger partial charge in [-0.3, -0.25) is 4.79 Å². The monoisotopic (exact) mass is 404 g/mol. The van der Waals surface area contributed by atoms with Crippen molar-refractivity contribution >= 4 is 16.9 Å². The lowest BCUT2D eigenvalue weighted by Crippen LogP contribution is -2.50. The third-order valence-electron chi connectivity index (χ3n) is 5.15. The van der Waals surface area contributed by atoms with E-state index in [1.165, 1.54) is 0 Å². The molecule has 0 unspecified atom stereocenters. The Labute approximate surface area is 172 Å². The number of fused-ring (bicyclic) bond motifs is 1. The van der Waals surface area contributed by atoms with Crippen LogP contribution >= 0.6 is 0 Å². The second kappa shape index (κ2) is 7.55. The molecule has 3 heterocycles. The maximum atomic E-state index is 12.8. The maximum Gasteiger partial charge on any atom is 0.289 e. The van der Waals surface area contributed by atoms with Gasteiger partial charge in [0.2, 0.25) is 0 Å². The van der Waals surface area contributed by atoms with Crippen LogP contribution in [0.15, 0.2) is 65.2 Å². The van der Waals surface area contributed by atoms with Gasteiger partial charge < -0.3 is 18.8 Å². The van der Waals surface area contributed by atoms with Gasteiger partial charge in [-0.05, 0) is 24.3 Å². The van der Waals surface area contributed by atoms with E-state index in [2.05, 4.69) is 10.3 Å². The zero-order chi connectivity index (χ0) is 20.5. The summed E-state index contributed by atoms with van der Waals surface area (Å²) in [4.78, 5) is 14.5. The summed E-state index contributed by atoms with van der Waals surface area (Å²) >= 11 is 0. The highest BCUT2D eigenvalue weighted by Crippen LogP contribution is 2.30. The largest absolute Gasteiger partial charge is 0.493 e. The van der Waals surface area contributed by atoms with E-state index in [1.54, 1.807) is 22.8 Å². The number of ether oxygens (including phenoxy) is 2. The molecule has 2 aromatic carbocycles. The average Bonchev–Trinajstić information content (AvgIpc) is 3.39. The Kier molecular flexibility index (Phi) is 4.59. The van der Waals surface area contributed by atoms with Crippen molar-refractivity contribution in [2.75, 3.05) is 20.2 Å². The Hall–Kier alpha value is -3.81. The molecular weight excluding hydrogens is 384 g/mol. The third-order valence-corrected chi connectivity index (χ3v) is 5.15. The molecule has 8 heteroatoms. The number of rotatable bonds is 6. The van der Waals surface area contributed by atoms with Gasteiger partial charge in [-0.15, -0.1) is 5.10 Å². The second-order valence-corrected chi connectivity index (χ2v) is 7.14. The van der Waals surface area contributed by atoms with E-state index in [0.29, 0.717) is 36.8 Å². The molecule has 0 radical (unpaired) electrons. The lowest BCUT2D eigenvalue weighted by Gasteiger charge is -2.38. The molecule has 30 heavy (non-hydrogen) atoms. The molecular formula is C22H20N4O4. The highest BCUT2D eigenvalue weighted by atomic mass is 16.5. The smallest absolute Gasteiger partial charge is 0.289 e. The van der Waals surface area contributed by atoms with Crippen molar-refractivity contribution in [1.29, 1.82) is 0 Å². The second-order valence-electron chi connectivity index (χ2n) is 7.14. The molecule has 0 atom stereocenters. The van der Waals surface area contributed by atoms with Gasteiger partial charge in [0, 0.05) is 18.5 Å². The maximum absolute atomic E-state index is 12.8. The van der Waals surface area contributed by atoms with Crippen LogP contribution in [0.3, 0.4) is 0 Å². The highest BCUT2D eigenvalue weighted by Gasteiger charge is 2.34. The molecule has 0 saturated carbocycles. The van der Waals surface area contributed by atoms with Crippen LogP contribution in [-0.2, 0) is 6.61 Å². The van der Waals surface area contributed by atoms with Crippen molar-refractivity contribution in [3.8, 4) is 11.5 Å². The predicted molar refractivity (Wildman–Crippen MR) is 109 cm³/mol. The van der Waals surface area contributed by atoms with Gasteiger partial charge >= 0.3 is 0 Å². The summed E-state index contributed by atoms with van der Waals surface area (Å²) in [6, 6.07) is 17.0. The van der Waals surface area contributed by atoms with Crippen molar-refractivity contribution in [3.05, 3.63) is 72.2 Å². The van der Waals surface area contributed by atoms with Crippen LogP contribution in [0.1, 0.15) is 22.3 Å². The van der Waals surface area contributed by atoms with Crippen LogP contribution < -0.4 is 9.47 Å². The van der Waals surface area contributed by atoms with E-state index in [1.807, 2.05) is 54.7 Å². The number of hydrogen-bond acceptors (Lipinski definition) is 6. The van der Waals surface area contributed by atoms with E-state index in [-0.39, 0.29) is 11.9 Å². The number of furan rings is 1. The Balaban J connectivity index is 1.20. The summed E-state index contributed by atoms with van der Waals surface area (Å²) in [5, 5.41) is 9.19.